The average Bonchev–Trinajstić information content (AvgIpc) is 2.45. The fourth-order valence-corrected chi connectivity index (χ4v) is 3.91. The topological polar surface area (TPSA) is 81.4 Å². The highest BCUT2D eigenvalue weighted by Crippen LogP contribution is 2.34. The normalized spacial score (nSPS) is 15.6. The van der Waals surface area contributed by atoms with E-state index in [1.807, 2.05) is 6.92 Å². The van der Waals surface area contributed by atoms with Crippen LogP contribution in [-0.2, 0) is 16.4 Å². The minimum atomic E-state index is -3.71. The van der Waals surface area contributed by atoms with Gasteiger partial charge in [-0.15, -0.1) is 12.3 Å². The number of sulfonamides is 1. The van der Waals surface area contributed by atoms with Crippen LogP contribution in [0.4, 0.5) is 5.69 Å². The average molecular weight is 308 g/mol. The van der Waals surface area contributed by atoms with Crippen LogP contribution in [0.2, 0.25) is 0 Å². The van der Waals surface area contributed by atoms with E-state index in [2.05, 4.69) is 10.6 Å². The third-order valence-corrected chi connectivity index (χ3v) is 4.99. The Balaban J connectivity index is 2.40. The summed E-state index contributed by atoms with van der Waals surface area (Å²) in [7, 11) is -3.71. The van der Waals surface area contributed by atoms with Gasteiger partial charge >= 0.3 is 0 Å². The molecule has 114 valence electrons. The van der Waals surface area contributed by atoms with E-state index in [0.29, 0.717) is 30.9 Å². The van der Waals surface area contributed by atoms with E-state index in [4.69, 9.17) is 16.9 Å². The van der Waals surface area contributed by atoms with Crippen molar-refractivity contribution in [2.75, 3.05) is 12.3 Å². The van der Waals surface area contributed by atoms with Crippen molar-refractivity contribution in [1.29, 1.82) is 0 Å². The van der Waals surface area contributed by atoms with Gasteiger partial charge in [-0.05, 0) is 37.0 Å². The number of benzene rings is 1. The van der Waals surface area contributed by atoms with Crippen molar-refractivity contribution in [3.63, 3.8) is 0 Å². The van der Waals surface area contributed by atoms with Gasteiger partial charge in [0, 0.05) is 18.2 Å². The lowest BCUT2D eigenvalue weighted by atomic mass is 10.1. The molecule has 0 radical (unpaired) electrons. The van der Waals surface area contributed by atoms with Gasteiger partial charge in [0.2, 0.25) is 10.0 Å². The molecule has 1 aromatic carbocycles. The fraction of sp³-hybridized carbons (Fsp3) is 0.467. The molecule has 6 heteroatoms. The molecule has 0 spiro atoms. The summed E-state index contributed by atoms with van der Waals surface area (Å²) in [6.07, 6.45) is 7.86. The van der Waals surface area contributed by atoms with E-state index >= 15 is 0 Å². The summed E-state index contributed by atoms with van der Waals surface area (Å²) in [4.78, 5) is 0.104. The van der Waals surface area contributed by atoms with Gasteiger partial charge in [0.15, 0.2) is 0 Å². The molecule has 0 amide bonds. The number of hydrogen-bond donors (Lipinski definition) is 2. The van der Waals surface area contributed by atoms with E-state index in [1.165, 1.54) is 6.07 Å². The predicted molar refractivity (Wildman–Crippen MR) is 82.5 cm³/mol. The second-order valence-corrected chi connectivity index (χ2v) is 6.78. The molecule has 1 aromatic rings. The largest absolute Gasteiger partial charge is 0.492 e. The number of fused-ring (bicyclic) bond motifs is 1. The van der Waals surface area contributed by atoms with Crippen molar-refractivity contribution >= 4 is 15.7 Å². The number of anilines is 1. The molecule has 2 rings (SSSR count). The van der Waals surface area contributed by atoms with Crippen molar-refractivity contribution in [2.24, 2.45) is 0 Å². The van der Waals surface area contributed by atoms with Gasteiger partial charge in [0.1, 0.15) is 10.6 Å². The zero-order valence-corrected chi connectivity index (χ0v) is 12.9. The molecule has 1 heterocycles. The Morgan fingerprint density at radius 2 is 2.29 bits per heavy atom. The molecule has 0 saturated carbocycles. The van der Waals surface area contributed by atoms with Gasteiger partial charge in [-0.3, -0.25) is 0 Å². The highest BCUT2D eigenvalue weighted by atomic mass is 32.2. The van der Waals surface area contributed by atoms with Crippen LogP contribution in [-0.4, -0.2) is 21.1 Å². The van der Waals surface area contributed by atoms with Crippen LogP contribution in [0.25, 0.3) is 0 Å². The maximum Gasteiger partial charge on any atom is 0.244 e. The molecule has 5 nitrogen and oxygen atoms in total. The molecule has 1 unspecified atom stereocenters. The Morgan fingerprint density at radius 1 is 1.52 bits per heavy atom. The van der Waals surface area contributed by atoms with E-state index < -0.39 is 10.0 Å². The smallest absolute Gasteiger partial charge is 0.244 e. The number of nitrogens with one attached hydrogen (secondary N) is 1. The molecule has 0 fully saturated rings. The van der Waals surface area contributed by atoms with Crippen LogP contribution in [0.1, 0.15) is 31.7 Å². The summed E-state index contributed by atoms with van der Waals surface area (Å²) >= 11 is 0. The molecule has 0 aliphatic carbocycles. The van der Waals surface area contributed by atoms with Gasteiger partial charge in [0.05, 0.1) is 6.61 Å². The Labute approximate surface area is 125 Å². The molecule has 1 atom stereocenters. The summed E-state index contributed by atoms with van der Waals surface area (Å²) < 4.78 is 33.4. The predicted octanol–water partition coefficient (Wildman–Crippen LogP) is 1.67. The summed E-state index contributed by atoms with van der Waals surface area (Å²) in [6, 6.07) is 2.92. The quantitative estimate of drug-likeness (QED) is 0.640. The number of hydrogen-bond acceptors (Lipinski definition) is 4. The van der Waals surface area contributed by atoms with Gasteiger partial charge in [-0.25, -0.2) is 13.1 Å². The first-order chi connectivity index (χ1) is 9.97. The summed E-state index contributed by atoms with van der Waals surface area (Å²) in [6.45, 7) is 2.40. The Hall–Kier alpha value is -1.71. The van der Waals surface area contributed by atoms with Gasteiger partial charge < -0.3 is 10.5 Å². The fourth-order valence-electron chi connectivity index (χ4n) is 2.36. The maximum absolute atomic E-state index is 12.6. The molecular weight excluding hydrogens is 288 g/mol. The highest BCUT2D eigenvalue weighted by molar-refractivity contribution is 7.89. The Bertz CT molecular complexity index is 662. The molecule has 3 N–H and O–H groups in total. The minimum absolute atomic E-state index is 0.104. The number of terminal acetylenes is 1. The molecule has 1 aliphatic rings. The van der Waals surface area contributed by atoms with E-state index in [0.717, 1.165) is 18.4 Å². The zero-order chi connectivity index (χ0) is 15.5. The SMILES string of the molecule is C#CCC(CC)NS(=O)(=O)c1cc(N)cc2c1OCCC2. The van der Waals surface area contributed by atoms with E-state index in [-0.39, 0.29) is 10.9 Å². The first-order valence-corrected chi connectivity index (χ1v) is 8.47. The molecule has 0 aromatic heterocycles. The number of nitrogens with two attached hydrogens (primary N) is 1. The monoisotopic (exact) mass is 308 g/mol. The number of nitrogen functional groups attached to an aromatic ring is 1. The lowest BCUT2D eigenvalue weighted by Gasteiger charge is -2.22. The Morgan fingerprint density at radius 3 is 2.95 bits per heavy atom. The van der Waals surface area contributed by atoms with Crippen molar-refractivity contribution in [2.45, 2.75) is 43.5 Å². The first kappa shape index (κ1) is 15.7. The molecule has 21 heavy (non-hydrogen) atoms. The maximum atomic E-state index is 12.6. The summed E-state index contributed by atoms with van der Waals surface area (Å²) in [5.74, 6) is 2.90. The van der Waals surface area contributed by atoms with Gasteiger partial charge in [-0.1, -0.05) is 6.92 Å². The number of rotatable bonds is 5. The number of aryl methyl sites for hydroxylation is 1. The molecule has 1 aliphatic heterocycles. The zero-order valence-electron chi connectivity index (χ0n) is 12.1. The second-order valence-electron chi connectivity index (χ2n) is 5.09. The van der Waals surface area contributed by atoms with Crippen LogP contribution in [0.3, 0.4) is 0 Å². The molecule has 0 saturated heterocycles. The Kier molecular flexibility index (Phi) is 4.76. The lowest BCUT2D eigenvalue weighted by molar-refractivity contribution is 0.280. The van der Waals surface area contributed by atoms with E-state index in [1.54, 1.807) is 6.07 Å². The van der Waals surface area contributed by atoms with Crippen molar-refractivity contribution in [1.82, 2.24) is 4.72 Å². The van der Waals surface area contributed by atoms with Crippen LogP contribution < -0.4 is 15.2 Å². The van der Waals surface area contributed by atoms with Crippen molar-refractivity contribution < 1.29 is 13.2 Å². The minimum Gasteiger partial charge on any atom is -0.492 e. The third kappa shape index (κ3) is 3.49. The first-order valence-electron chi connectivity index (χ1n) is 6.99. The molecule has 0 bridgehead atoms. The highest BCUT2D eigenvalue weighted by Gasteiger charge is 2.26. The van der Waals surface area contributed by atoms with Crippen molar-refractivity contribution in [3.05, 3.63) is 17.7 Å². The third-order valence-electron chi connectivity index (χ3n) is 3.46. The van der Waals surface area contributed by atoms with Crippen LogP contribution >= 0.6 is 0 Å². The van der Waals surface area contributed by atoms with Crippen LogP contribution in [0.15, 0.2) is 17.0 Å². The second kappa shape index (κ2) is 6.37. The lowest BCUT2D eigenvalue weighted by Crippen LogP contribution is -2.34. The molecular formula is C15H20N2O3S. The van der Waals surface area contributed by atoms with E-state index in [9.17, 15) is 8.42 Å². The van der Waals surface area contributed by atoms with Gasteiger partial charge in [0.25, 0.3) is 0 Å². The summed E-state index contributed by atoms with van der Waals surface area (Å²) in [5.41, 5.74) is 7.08. The summed E-state index contributed by atoms with van der Waals surface area (Å²) in [5, 5.41) is 0. The number of ether oxygens (including phenoxy) is 1. The standard InChI is InChI=1S/C15H20N2O3S/c1-3-6-13(4-2)17-21(18,19)14-10-12(16)9-11-7-5-8-20-15(11)14/h1,9-10,13,17H,4-8,16H2,2H3. The van der Waals surface area contributed by atoms with Gasteiger partial charge in [-0.2, -0.15) is 0 Å². The van der Waals surface area contributed by atoms with Crippen LogP contribution in [0.5, 0.6) is 5.75 Å². The van der Waals surface area contributed by atoms with Crippen molar-refractivity contribution in [3.8, 4) is 18.1 Å². The van der Waals surface area contributed by atoms with Crippen LogP contribution in [0, 0.1) is 12.3 Å².